The summed E-state index contributed by atoms with van der Waals surface area (Å²) in [7, 11) is 0. The highest BCUT2D eigenvalue weighted by molar-refractivity contribution is 5.98. The quantitative estimate of drug-likeness (QED) is 0.481. The Morgan fingerprint density at radius 3 is 2.38 bits per heavy atom. The van der Waals surface area contributed by atoms with E-state index < -0.39 is 47.5 Å². The molecule has 2 unspecified atom stereocenters. The first-order valence-corrected chi connectivity index (χ1v) is 12.7. The van der Waals surface area contributed by atoms with Gasteiger partial charge < -0.3 is 24.7 Å². The molecule has 3 saturated heterocycles. The van der Waals surface area contributed by atoms with Crippen LogP contribution >= 0.6 is 0 Å². The molecule has 3 heterocycles. The highest BCUT2D eigenvalue weighted by Crippen LogP contribution is 2.59. The Morgan fingerprint density at radius 1 is 1.14 bits per heavy atom. The lowest BCUT2D eigenvalue weighted by atomic mass is 9.70. The van der Waals surface area contributed by atoms with Crippen molar-refractivity contribution in [1.29, 1.82) is 0 Å². The van der Waals surface area contributed by atoms with E-state index in [1.165, 1.54) is 4.90 Å². The third-order valence-electron chi connectivity index (χ3n) is 8.05. The van der Waals surface area contributed by atoms with Crippen molar-refractivity contribution >= 4 is 17.8 Å². The van der Waals surface area contributed by atoms with Gasteiger partial charge in [0.15, 0.2) is 0 Å². The summed E-state index contributed by atoms with van der Waals surface area (Å²) in [6, 6.07) is 17.2. The number of aliphatic hydroxyl groups excluding tert-OH is 1. The number of aliphatic carboxylic acids is 1. The molecule has 2 amide bonds. The minimum Gasteiger partial charge on any atom is -0.481 e. The Bertz CT molecular complexity index is 1170. The minimum atomic E-state index is -1.23. The number of likely N-dealkylation sites (tertiary alicyclic amines) is 1. The van der Waals surface area contributed by atoms with E-state index in [-0.39, 0.29) is 19.1 Å². The Labute approximate surface area is 216 Å². The van der Waals surface area contributed by atoms with Gasteiger partial charge in [0, 0.05) is 13.1 Å². The van der Waals surface area contributed by atoms with Gasteiger partial charge in [0.25, 0.3) is 0 Å². The van der Waals surface area contributed by atoms with Crippen molar-refractivity contribution in [2.45, 2.75) is 49.6 Å². The van der Waals surface area contributed by atoms with Gasteiger partial charge in [0.1, 0.15) is 11.6 Å². The molecule has 5 rings (SSSR count). The van der Waals surface area contributed by atoms with Gasteiger partial charge in [-0.1, -0.05) is 66.7 Å². The summed E-state index contributed by atoms with van der Waals surface area (Å²) in [6.45, 7) is 4.01. The Kier molecular flexibility index (Phi) is 6.88. The first-order chi connectivity index (χ1) is 17.9. The van der Waals surface area contributed by atoms with Gasteiger partial charge in [-0.3, -0.25) is 14.4 Å². The van der Waals surface area contributed by atoms with Crippen LogP contribution in [-0.4, -0.2) is 74.7 Å². The molecule has 0 aliphatic carbocycles. The molecule has 8 heteroatoms. The number of hydrogen-bond acceptors (Lipinski definition) is 5. The second-order valence-corrected chi connectivity index (χ2v) is 10.2. The van der Waals surface area contributed by atoms with E-state index in [1.807, 2.05) is 60.7 Å². The summed E-state index contributed by atoms with van der Waals surface area (Å²) in [6.07, 6.45) is 2.25. The average molecular weight is 505 g/mol. The van der Waals surface area contributed by atoms with Crippen LogP contribution in [0.3, 0.4) is 0 Å². The number of nitrogens with zero attached hydrogens (tertiary/aromatic N) is 2. The third kappa shape index (κ3) is 4.24. The highest BCUT2D eigenvalue weighted by atomic mass is 16.5. The maximum absolute atomic E-state index is 14.3. The molecule has 2 aromatic carbocycles. The van der Waals surface area contributed by atoms with E-state index in [9.17, 15) is 24.6 Å². The standard InChI is InChI=1S/C29H32N2O6/c1-2-15-30(17-20-11-7-4-8-12-20)27(34)25-29-14-13-22(37-29)23(28(35)36)24(29)26(33)31(25)21(18-32)16-19-9-5-3-6-10-19/h2-12,21-25,32H,1,13-18H2,(H,35,36)/t21-,22-,23+,24+,25?,29?/m1/s1. The van der Waals surface area contributed by atoms with Crippen LogP contribution in [0.15, 0.2) is 73.3 Å². The van der Waals surface area contributed by atoms with Gasteiger partial charge in [-0.25, -0.2) is 0 Å². The number of amides is 2. The monoisotopic (exact) mass is 504 g/mol. The number of rotatable bonds is 10. The van der Waals surface area contributed by atoms with E-state index in [2.05, 4.69) is 6.58 Å². The Balaban J connectivity index is 1.56. The van der Waals surface area contributed by atoms with E-state index in [0.717, 1.165) is 11.1 Å². The third-order valence-corrected chi connectivity index (χ3v) is 8.05. The van der Waals surface area contributed by atoms with Crippen LogP contribution in [0.1, 0.15) is 24.0 Å². The van der Waals surface area contributed by atoms with E-state index in [1.54, 1.807) is 11.0 Å². The van der Waals surface area contributed by atoms with Crippen molar-refractivity contribution in [3.05, 3.63) is 84.4 Å². The van der Waals surface area contributed by atoms with E-state index in [4.69, 9.17) is 4.74 Å². The number of carboxylic acids is 1. The predicted molar refractivity (Wildman–Crippen MR) is 135 cm³/mol. The molecule has 37 heavy (non-hydrogen) atoms. The molecule has 3 aliphatic heterocycles. The molecule has 2 aromatic rings. The molecule has 3 aliphatic rings. The van der Waals surface area contributed by atoms with Crippen LogP contribution in [0.25, 0.3) is 0 Å². The molecular weight excluding hydrogens is 472 g/mol. The van der Waals surface area contributed by atoms with Crippen molar-refractivity contribution in [1.82, 2.24) is 9.80 Å². The fourth-order valence-electron chi connectivity index (χ4n) is 6.55. The van der Waals surface area contributed by atoms with Crippen molar-refractivity contribution < 1.29 is 29.3 Å². The Morgan fingerprint density at radius 2 is 1.78 bits per heavy atom. The normalized spacial score (nSPS) is 28.7. The molecule has 6 atom stereocenters. The number of benzene rings is 2. The molecule has 1 spiro atoms. The average Bonchev–Trinajstić information content (AvgIpc) is 3.55. The van der Waals surface area contributed by atoms with Crippen LogP contribution in [0.2, 0.25) is 0 Å². The Hall–Kier alpha value is -3.49. The van der Waals surface area contributed by atoms with E-state index in [0.29, 0.717) is 25.8 Å². The molecule has 194 valence electrons. The topological polar surface area (TPSA) is 107 Å². The largest absolute Gasteiger partial charge is 0.481 e. The number of aliphatic hydroxyl groups is 1. The smallest absolute Gasteiger partial charge is 0.310 e. The van der Waals surface area contributed by atoms with Crippen molar-refractivity contribution in [3.8, 4) is 0 Å². The molecular formula is C29H32N2O6. The minimum absolute atomic E-state index is 0.251. The van der Waals surface area contributed by atoms with Crippen LogP contribution < -0.4 is 0 Å². The van der Waals surface area contributed by atoms with Crippen LogP contribution in [0.5, 0.6) is 0 Å². The lowest BCUT2D eigenvalue weighted by molar-refractivity contribution is -0.153. The summed E-state index contributed by atoms with van der Waals surface area (Å²) in [5.74, 6) is -3.82. The highest BCUT2D eigenvalue weighted by Gasteiger charge is 2.75. The van der Waals surface area contributed by atoms with Gasteiger partial charge in [-0.15, -0.1) is 6.58 Å². The maximum Gasteiger partial charge on any atom is 0.310 e. The van der Waals surface area contributed by atoms with Crippen molar-refractivity contribution in [3.63, 3.8) is 0 Å². The summed E-state index contributed by atoms with van der Waals surface area (Å²) in [5.41, 5.74) is 0.593. The maximum atomic E-state index is 14.3. The molecule has 3 fully saturated rings. The van der Waals surface area contributed by atoms with E-state index >= 15 is 0 Å². The summed E-state index contributed by atoms with van der Waals surface area (Å²) in [5, 5.41) is 20.5. The second kappa shape index (κ2) is 10.1. The van der Waals surface area contributed by atoms with Crippen LogP contribution in [0.4, 0.5) is 0 Å². The zero-order chi connectivity index (χ0) is 26.2. The molecule has 0 saturated carbocycles. The zero-order valence-electron chi connectivity index (χ0n) is 20.6. The summed E-state index contributed by atoms with van der Waals surface area (Å²) in [4.78, 5) is 43.7. The number of carboxylic acid groups (broad SMARTS) is 1. The lowest BCUT2D eigenvalue weighted by Crippen LogP contribution is -2.59. The SMILES string of the molecule is C=CCN(Cc1ccccc1)C(=O)C1N([C@@H](CO)Cc2ccccc2)C(=O)[C@@H]2[C@@H](C(=O)O)[C@H]3CCC12O3. The van der Waals surface area contributed by atoms with Crippen molar-refractivity contribution in [2.24, 2.45) is 11.8 Å². The number of ether oxygens (including phenoxy) is 1. The molecule has 2 bridgehead atoms. The van der Waals surface area contributed by atoms with Gasteiger partial charge >= 0.3 is 5.97 Å². The van der Waals surface area contributed by atoms with Crippen molar-refractivity contribution in [2.75, 3.05) is 13.2 Å². The zero-order valence-corrected chi connectivity index (χ0v) is 20.6. The lowest BCUT2D eigenvalue weighted by Gasteiger charge is -2.39. The van der Waals surface area contributed by atoms with Crippen LogP contribution in [-0.2, 0) is 32.1 Å². The fourth-order valence-corrected chi connectivity index (χ4v) is 6.55. The fraction of sp³-hybridized carbons (Fsp3) is 0.414. The number of carbonyl (C=O) groups excluding carboxylic acids is 2. The number of carbonyl (C=O) groups is 3. The van der Waals surface area contributed by atoms with Gasteiger partial charge in [-0.2, -0.15) is 0 Å². The van der Waals surface area contributed by atoms with Gasteiger partial charge in [0.05, 0.1) is 30.6 Å². The van der Waals surface area contributed by atoms with Gasteiger partial charge in [0.2, 0.25) is 11.8 Å². The molecule has 8 nitrogen and oxygen atoms in total. The summed E-state index contributed by atoms with van der Waals surface area (Å²) >= 11 is 0. The first-order valence-electron chi connectivity index (χ1n) is 12.7. The van der Waals surface area contributed by atoms with Crippen LogP contribution in [0, 0.1) is 11.8 Å². The molecule has 2 N–H and O–H groups in total. The summed E-state index contributed by atoms with van der Waals surface area (Å²) < 4.78 is 6.32. The first kappa shape index (κ1) is 25.2. The predicted octanol–water partition coefficient (Wildman–Crippen LogP) is 2.26. The molecule has 0 aromatic heterocycles. The second-order valence-electron chi connectivity index (χ2n) is 10.2. The number of fused-ring (bicyclic) bond motifs is 1. The molecule has 0 radical (unpaired) electrons. The number of hydrogen-bond donors (Lipinski definition) is 2. The van der Waals surface area contributed by atoms with Gasteiger partial charge in [-0.05, 0) is 30.4 Å².